The van der Waals surface area contributed by atoms with Crippen molar-refractivity contribution < 1.29 is 9.84 Å². The first kappa shape index (κ1) is 14.9. The molecule has 0 amide bonds. The van der Waals surface area contributed by atoms with Crippen LogP contribution in [0.2, 0.25) is 0 Å². The van der Waals surface area contributed by atoms with Crippen molar-refractivity contribution in [2.45, 2.75) is 44.8 Å². The highest BCUT2D eigenvalue weighted by atomic mass is 16.5. The van der Waals surface area contributed by atoms with E-state index in [1.165, 1.54) is 6.42 Å². The van der Waals surface area contributed by atoms with E-state index in [0.717, 1.165) is 39.0 Å². The van der Waals surface area contributed by atoms with Gasteiger partial charge in [-0.3, -0.25) is 0 Å². The lowest BCUT2D eigenvalue weighted by molar-refractivity contribution is -0.0514. The fraction of sp³-hybridized carbons (Fsp3) is 1.00. The third-order valence-corrected chi connectivity index (χ3v) is 3.74. The van der Waals surface area contributed by atoms with Gasteiger partial charge in [0.1, 0.15) is 0 Å². The van der Waals surface area contributed by atoms with Crippen LogP contribution in [0.15, 0.2) is 0 Å². The Morgan fingerprint density at radius 1 is 1.53 bits per heavy atom. The second-order valence-electron chi connectivity index (χ2n) is 5.26. The van der Waals surface area contributed by atoms with Gasteiger partial charge in [-0.05, 0) is 45.8 Å². The maximum atomic E-state index is 9.23. The maximum Gasteiger partial charge on any atom is 0.0777 e. The lowest BCUT2D eigenvalue weighted by atomic mass is 9.94. The largest absolute Gasteiger partial charge is 0.395 e. The number of rotatable bonds is 7. The number of piperidine rings is 1. The van der Waals surface area contributed by atoms with Gasteiger partial charge in [0, 0.05) is 19.7 Å². The molecule has 0 aliphatic carbocycles. The second-order valence-corrected chi connectivity index (χ2v) is 5.26. The molecular formula is C13H28N2O2. The first-order chi connectivity index (χ1) is 8.13. The SMILES string of the molecule is CCNC(CO)CCN1CCCC(C)(OC)C1. The zero-order valence-electron chi connectivity index (χ0n) is 11.5. The number of nitrogens with one attached hydrogen (secondary N) is 1. The van der Waals surface area contributed by atoms with E-state index in [-0.39, 0.29) is 18.2 Å². The highest BCUT2D eigenvalue weighted by Gasteiger charge is 2.30. The molecule has 1 aliphatic heterocycles. The molecule has 4 nitrogen and oxygen atoms in total. The zero-order valence-corrected chi connectivity index (χ0v) is 11.5. The van der Waals surface area contributed by atoms with Crippen LogP contribution >= 0.6 is 0 Å². The predicted molar refractivity (Wildman–Crippen MR) is 70.3 cm³/mol. The van der Waals surface area contributed by atoms with Crippen LogP contribution in [0.3, 0.4) is 0 Å². The third kappa shape index (κ3) is 4.92. The Labute approximate surface area is 105 Å². The van der Waals surface area contributed by atoms with Crippen molar-refractivity contribution in [3.8, 4) is 0 Å². The van der Waals surface area contributed by atoms with Gasteiger partial charge in [-0.25, -0.2) is 0 Å². The summed E-state index contributed by atoms with van der Waals surface area (Å²) in [5.41, 5.74) is 0.0190. The summed E-state index contributed by atoms with van der Waals surface area (Å²) >= 11 is 0. The summed E-state index contributed by atoms with van der Waals surface area (Å²) < 4.78 is 5.58. The summed E-state index contributed by atoms with van der Waals surface area (Å²) in [6, 6.07) is 0.232. The maximum absolute atomic E-state index is 9.23. The van der Waals surface area contributed by atoms with Crippen molar-refractivity contribution in [1.29, 1.82) is 0 Å². The third-order valence-electron chi connectivity index (χ3n) is 3.74. The quantitative estimate of drug-likeness (QED) is 0.697. The van der Waals surface area contributed by atoms with Gasteiger partial charge in [0.2, 0.25) is 0 Å². The number of hydrogen-bond donors (Lipinski definition) is 2. The van der Waals surface area contributed by atoms with Crippen LogP contribution in [-0.2, 0) is 4.74 Å². The Bertz CT molecular complexity index is 214. The summed E-state index contributed by atoms with van der Waals surface area (Å²) in [6.45, 7) is 8.61. The predicted octanol–water partition coefficient (Wildman–Crippen LogP) is 0.848. The van der Waals surface area contributed by atoms with E-state index in [9.17, 15) is 5.11 Å². The molecule has 1 rings (SSSR count). The van der Waals surface area contributed by atoms with Crippen molar-refractivity contribution in [2.24, 2.45) is 0 Å². The van der Waals surface area contributed by atoms with E-state index in [4.69, 9.17) is 4.74 Å². The van der Waals surface area contributed by atoms with Gasteiger partial charge in [0.05, 0.1) is 12.2 Å². The number of methoxy groups -OCH3 is 1. The Balaban J connectivity index is 2.31. The number of aliphatic hydroxyl groups is 1. The van der Waals surface area contributed by atoms with E-state index in [0.29, 0.717) is 0 Å². The number of hydrogen-bond acceptors (Lipinski definition) is 4. The Morgan fingerprint density at radius 2 is 2.29 bits per heavy atom. The van der Waals surface area contributed by atoms with Crippen molar-refractivity contribution in [3.63, 3.8) is 0 Å². The Hall–Kier alpha value is -0.160. The minimum absolute atomic E-state index is 0.0190. The first-order valence-electron chi connectivity index (χ1n) is 6.75. The number of ether oxygens (including phenoxy) is 1. The lowest BCUT2D eigenvalue weighted by Gasteiger charge is -2.39. The molecular weight excluding hydrogens is 216 g/mol. The van der Waals surface area contributed by atoms with Crippen molar-refractivity contribution in [2.75, 3.05) is 39.9 Å². The van der Waals surface area contributed by atoms with E-state index in [2.05, 4.69) is 24.1 Å². The molecule has 2 unspecified atom stereocenters. The smallest absolute Gasteiger partial charge is 0.0777 e. The molecule has 4 heteroatoms. The molecule has 0 aromatic heterocycles. The zero-order chi connectivity index (χ0) is 12.7. The van der Waals surface area contributed by atoms with Crippen LogP contribution in [0.1, 0.15) is 33.1 Å². The highest BCUT2D eigenvalue weighted by molar-refractivity contribution is 4.85. The molecule has 2 atom stereocenters. The summed E-state index contributed by atoms with van der Waals surface area (Å²) in [5, 5.41) is 12.5. The highest BCUT2D eigenvalue weighted by Crippen LogP contribution is 2.23. The minimum Gasteiger partial charge on any atom is -0.395 e. The Morgan fingerprint density at radius 3 is 2.88 bits per heavy atom. The van der Waals surface area contributed by atoms with Crippen molar-refractivity contribution >= 4 is 0 Å². The molecule has 0 bridgehead atoms. The first-order valence-corrected chi connectivity index (χ1v) is 6.75. The standard InChI is InChI=1S/C13H28N2O2/c1-4-14-12(10-16)6-9-15-8-5-7-13(2,11-15)17-3/h12,14,16H,4-11H2,1-3H3. The normalized spacial score (nSPS) is 28.2. The van der Waals surface area contributed by atoms with E-state index in [1.54, 1.807) is 7.11 Å². The van der Waals surface area contributed by atoms with Gasteiger partial charge in [-0.2, -0.15) is 0 Å². The molecule has 0 radical (unpaired) electrons. The van der Waals surface area contributed by atoms with Gasteiger partial charge >= 0.3 is 0 Å². The van der Waals surface area contributed by atoms with Crippen LogP contribution in [0.4, 0.5) is 0 Å². The Kier molecular flexibility index (Phi) is 6.41. The van der Waals surface area contributed by atoms with Crippen molar-refractivity contribution in [3.05, 3.63) is 0 Å². The fourth-order valence-electron chi connectivity index (χ4n) is 2.55. The van der Waals surface area contributed by atoms with E-state index >= 15 is 0 Å². The van der Waals surface area contributed by atoms with Gasteiger partial charge in [0.25, 0.3) is 0 Å². The van der Waals surface area contributed by atoms with E-state index < -0.39 is 0 Å². The van der Waals surface area contributed by atoms with Gasteiger partial charge in [0.15, 0.2) is 0 Å². The topological polar surface area (TPSA) is 44.7 Å². The average molecular weight is 244 g/mol. The van der Waals surface area contributed by atoms with Crippen LogP contribution < -0.4 is 5.32 Å². The minimum atomic E-state index is 0.0190. The van der Waals surface area contributed by atoms with Crippen LogP contribution in [0.5, 0.6) is 0 Å². The van der Waals surface area contributed by atoms with Crippen LogP contribution in [0, 0.1) is 0 Å². The molecule has 1 aliphatic rings. The molecule has 0 saturated carbocycles. The molecule has 1 saturated heterocycles. The number of nitrogens with zero attached hydrogens (tertiary/aromatic N) is 1. The van der Waals surface area contributed by atoms with Gasteiger partial charge in [-0.15, -0.1) is 0 Å². The molecule has 0 aromatic carbocycles. The van der Waals surface area contributed by atoms with Gasteiger partial charge < -0.3 is 20.1 Å². The molecule has 1 fully saturated rings. The fourth-order valence-corrected chi connectivity index (χ4v) is 2.55. The van der Waals surface area contributed by atoms with Crippen LogP contribution in [0.25, 0.3) is 0 Å². The molecule has 0 aromatic rings. The van der Waals surface area contributed by atoms with Gasteiger partial charge in [-0.1, -0.05) is 6.92 Å². The average Bonchev–Trinajstić information content (AvgIpc) is 2.34. The lowest BCUT2D eigenvalue weighted by Crippen LogP contribution is -2.48. The molecule has 102 valence electrons. The molecule has 2 N–H and O–H groups in total. The summed E-state index contributed by atoms with van der Waals surface area (Å²) in [7, 11) is 1.80. The number of aliphatic hydroxyl groups excluding tert-OH is 1. The number of likely N-dealkylation sites (N-methyl/N-ethyl adjacent to an activating group) is 1. The second kappa shape index (κ2) is 7.31. The van der Waals surface area contributed by atoms with Crippen LogP contribution in [-0.4, -0.2) is 61.5 Å². The summed E-state index contributed by atoms with van der Waals surface area (Å²) in [4.78, 5) is 2.45. The number of likely N-dealkylation sites (tertiary alicyclic amines) is 1. The molecule has 17 heavy (non-hydrogen) atoms. The van der Waals surface area contributed by atoms with E-state index in [1.807, 2.05) is 0 Å². The molecule has 1 heterocycles. The summed E-state index contributed by atoms with van der Waals surface area (Å²) in [5.74, 6) is 0. The molecule has 0 spiro atoms. The monoisotopic (exact) mass is 244 g/mol. The van der Waals surface area contributed by atoms with Crippen molar-refractivity contribution in [1.82, 2.24) is 10.2 Å². The summed E-state index contributed by atoms with van der Waals surface area (Å²) in [6.07, 6.45) is 3.36.